The third-order valence-electron chi connectivity index (χ3n) is 5.12. The highest BCUT2D eigenvalue weighted by Gasteiger charge is 2.25. The second kappa shape index (κ2) is 8.78. The molecule has 0 aliphatic carbocycles. The number of nitrogen functional groups attached to an aromatic ring is 1. The number of hydrogen-bond donors (Lipinski definition) is 2. The number of hydrogen-bond acceptors (Lipinski definition) is 6. The third kappa shape index (κ3) is 4.75. The highest BCUT2D eigenvalue weighted by atomic mass is 32.2. The summed E-state index contributed by atoms with van der Waals surface area (Å²) in [6, 6.07) is 13.0. The smallest absolute Gasteiger partial charge is 0.268 e. The molecular formula is C23H19F2N3O5S2. The SMILES string of the molecule is CS(=O)(=O)Cc1c(Oc2ccc(F)c(C(=N)N)c2)c(F)cc2c1ccn2S(=O)(=O)c1ccccc1. The molecule has 0 aliphatic rings. The standard InChI is InChI=1S/C23H19F2N3O5S2/c1-34(29,30)13-18-16-9-10-28(35(31,32)15-5-3-2-4-6-15)21(16)12-20(25)22(18)33-14-7-8-19(24)17(11-14)23(26)27/h2-12H,13H2,1H3,(H3,26,27). The fourth-order valence-electron chi connectivity index (χ4n) is 3.60. The van der Waals surface area contributed by atoms with E-state index in [0.717, 1.165) is 28.4 Å². The van der Waals surface area contributed by atoms with Crippen LogP contribution in [-0.4, -0.2) is 32.9 Å². The number of nitrogens with zero attached hydrogens (tertiary/aromatic N) is 1. The Morgan fingerprint density at radius 1 is 1.00 bits per heavy atom. The van der Waals surface area contributed by atoms with Crippen LogP contribution in [0.4, 0.5) is 8.78 Å². The highest BCUT2D eigenvalue weighted by Crippen LogP contribution is 2.37. The number of sulfone groups is 1. The summed E-state index contributed by atoms with van der Waals surface area (Å²) in [6.45, 7) is 0. The zero-order chi connectivity index (χ0) is 25.5. The van der Waals surface area contributed by atoms with Crippen molar-refractivity contribution in [3.8, 4) is 11.5 Å². The van der Waals surface area contributed by atoms with Gasteiger partial charge < -0.3 is 10.5 Å². The number of amidine groups is 1. The van der Waals surface area contributed by atoms with Gasteiger partial charge in [0.1, 0.15) is 17.4 Å². The normalized spacial score (nSPS) is 12.1. The Bertz CT molecular complexity index is 1680. The van der Waals surface area contributed by atoms with E-state index in [1.54, 1.807) is 6.07 Å². The first-order chi connectivity index (χ1) is 16.4. The summed E-state index contributed by atoms with van der Waals surface area (Å²) in [5.41, 5.74) is 4.88. The molecular weight excluding hydrogens is 500 g/mol. The quantitative estimate of drug-likeness (QED) is 0.282. The van der Waals surface area contributed by atoms with Crippen molar-refractivity contribution in [2.45, 2.75) is 10.6 Å². The summed E-state index contributed by atoms with van der Waals surface area (Å²) in [4.78, 5) is -0.0361. The van der Waals surface area contributed by atoms with Crippen LogP contribution in [0, 0.1) is 17.0 Å². The molecule has 0 aliphatic heterocycles. The van der Waals surface area contributed by atoms with E-state index in [1.807, 2.05) is 0 Å². The molecule has 0 amide bonds. The number of rotatable bonds is 7. The first-order valence-electron chi connectivity index (χ1n) is 10.0. The number of nitrogens with one attached hydrogen (secondary N) is 1. The summed E-state index contributed by atoms with van der Waals surface area (Å²) in [5.74, 6) is -3.64. The summed E-state index contributed by atoms with van der Waals surface area (Å²) in [7, 11) is -7.84. The Balaban J connectivity index is 1.93. The lowest BCUT2D eigenvalue weighted by Crippen LogP contribution is -2.13. The van der Waals surface area contributed by atoms with Crippen LogP contribution in [0.25, 0.3) is 10.9 Å². The van der Waals surface area contributed by atoms with Crippen molar-refractivity contribution >= 4 is 36.6 Å². The maximum absolute atomic E-state index is 15.4. The molecule has 35 heavy (non-hydrogen) atoms. The second-order valence-corrected chi connectivity index (χ2v) is 11.7. The van der Waals surface area contributed by atoms with Crippen molar-refractivity contribution in [2.24, 2.45) is 5.73 Å². The topological polar surface area (TPSA) is 132 Å². The second-order valence-electron chi connectivity index (χ2n) is 7.76. The summed E-state index contributed by atoms with van der Waals surface area (Å²) in [6.07, 6.45) is 2.14. The van der Waals surface area contributed by atoms with Crippen molar-refractivity contribution in [1.29, 1.82) is 5.41 Å². The number of benzene rings is 3. The first-order valence-corrected chi connectivity index (χ1v) is 13.5. The molecule has 4 aromatic rings. The van der Waals surface area contributed by atoms with E-state index < -0.39 is 48.8 Å². The van der Waals surface area contributed by atoms with E-state index >= 15 is 4.39 Å². The minimum absolute atomic E-state index is 0.0361. The molecule has 0 fully saturated rings. The van der Waals surface area contributed by atoms with Crippen LogP contribution >= 0.6 is 0 Å². The van der Waals surface area contributed by atoms with Gasteiger partial charge in [-0.1, -0.05) is 18.2 Å². The lowest BCUT2D eigenvalue weighted by atomic mass is 10.1. The lowest BCUT2D eigenvalue weighted by molar-refractivity contribution is 0.438. The van der Waals surface area contributed by atoms with E-state index in [2.05, 4.69) is 0 Å². The highest BCUT2D eigenvalue weighted by molar-refractivity contribution is 7.90. The molecule has 8 nitrogen and oxygen atoms in total. The zero-order valence-electron chi connectivity index (χ0n) is 18.2. The molecule has 3 N–H and O–H groups in total. The molecule has 0 radical (unpaired) electrons. The van der Waals surface area contributed by atoms with Crippen molar-refractivity contribution in [1.82, 2.24) is 3.97 Å². The Morgan fingerprint density at radius 2 is 1.69 bits per heavy atom. The molecule has 0 bridgehead atoms. The minimum atomic E-state index is -4.11. The van der Waals surface area contributed by atoms with Crippen LogP contribution < -0.4 is 10.5 Å². The molecule has 12 heteroatoms. The van der Waals surface area contributed by atoms with Gasteiger partial charge in [-0.05, 0) is 36.4 Å². The summed E-state index contributed by atoms with van der Waals surface area (Å²) < 4.78 is 86.4. The van der Waals surface area contributed by atoms with Gasteiger partial charge in [-0.25, -0.2) is 29.6 Å². The van der Waals surface area contributed by atoms with Crippen molar-refractivity contribution in [2.75, 3.05) is 6.26 Å². The molecule has 0 saturated heterocycles. The zero-order valence-corrected chi connectivity index (χ0v) is 19.8. The Kier molecular flexibility index (Phi) is 6.11. The van der Waals surface area contributed by atoms with Gasteiger partial charge in [0, 0.05) is 29.5 Å². The van der Waals surface area contributed by atoms with Crippen molar-refractivity contribution < 1.29 is 30.4 Å². The first kappa shape index (κ1) is 24.4. The van der Waals surface area contributed by atoms with E-state index in [0.29, 0.717) is 0 Å². The van der Waals surface area contributed by atoms with Gasteiger partial charge in [0.05, 0.1) is 21.7 Å². The van der Waals surface area contributed by atoms with Gasteiger partial charge in [0.2, 0.25) is 0 Å². The van der Waals surface area contributed by atoms with Crippen LogP contribution in [0.15, 0.2) is 71.8 Å². The minimum Gasteiger partial charge on any atom is -0.454 e. The number of ether oxygens (including phenoxy) is 1. The molecule has 3 aromatic carbocycles. The molecule has 0 saturated carbocycles. The van der Waals surface area contributed by atoms with Gasteiger partial charge in [0.25, 0.3) is 10.0 Å². The van der Waals surface area contributed by atoms with Crippen LogP contribution in [-0.2, 0) is 25.6 Å². The maximum Gasteiger partial charge on any atom is 0.268 e. The number of halogens is 2. The molecule has 0 spiro atoms. The van der Waals surface area contributed by atoms with E-state index in [-0.39, 0.29) is 32.7 Å². The van der Waals surface area contributed by atoms with Gasteiger partial charge in [-0.2, -0.15) is 0 Å². The number of nitrogens with two attached hydrogens (primary N) is 1. The van der Waals surface area contributed by atoms with Crippen molar-refractivity contribution in [3.05, 3.63) is 89.6 Å². The maximum atomic E-state index is 15.4. The summed E-state index contributed by atoms with van der Waals surface area (Å²) >= 11 is 0. The molecule has 0 unspecified atom stereocenters. The van der Waals surface area contributed by atoms with Crippen LogP contribution in [0.5, 0.6) is 11.5 Å². The largest absolute Gasteiger partial charge is 0.454 e. The fraction of sp³-hybridized carbons (Fsp3) is 0.0870. The molecule has 4 rings (SSSR count). The van der Waals surface area contributed by atoms with Gasteiger partial charge in [0.15, 0.2) is 21.4 Å². The third-order valence-corrected chi connectivity index (χ3v) is 7.64. The van der Waals surface area contributed by atoms with Gasteiger partial charge in [-0.3, -0.25) is 5.41 Å². The molecule has 0 atom stereocenters. The lowest BCUT2D eigenvalue weighted by Gasteiger charge is -2.15. The number of aromatic nitrogens is 1. The summed E-state index contributed by atoms with van der Waals surface area (Å²) in [5, 5.41) is 7.60. The Hall–Kier alpha value is -3.77. The predicted octanol–water partition coefficient (Wildman–Crippen LogP) is 3.78. The van der Waals surface area contributed by atoms with Crippen LogP contribution in [0.2, 0.25) is 0 Å². The van der Waals surface area contributed by atoms with Crippen LogP contribution in [0.1, 0.15) is 11.1 Å². The average Bonchev–Trinajstić information content (AvgIpc) is 3.21. The Labute approximate surface area is 200 Å². The van der Waals surface area contributed by atoms with E-state index in [1.165, 1.54) is 42.6 Å². The van der Waals surface area contributed by atoms with Crippen LogP contribution in [0.3, 0.4) is 0 Å². The fourth-order valence-corrected chi connectivity index (χ4v) is 5.77. The Morgan fingerprint density at radius 3 is 2.31 bits per heavy atom. The number of fused-ring (bicyclic) bond motifs is 1. The monoisotopic (exact) mass is 519 g/mol. The van der Waals surface area contributed by atoms with Gasteiger partial charge >= 0.3 is 0 Å². The average molecular weight is 520 g/mol. The molecule has 1 heterocycles. The van der Waals surface area contributed by atoms with E-state index in [9.17, 15) is 21.2 Å². The van der Waals surface area contributed by atoms with Gasteiger partial charge in [-0.15, -0.1) is 0 Å². The predicted molar refractivity (Wildman–Crippen MR) is 127 cm³/mol. The molecule has 1 aromatic heterocycles. The van der Waals surface area contributed by atoms with E-state index in [4.69, 9.17) is 15.9 Å². The van der Waals surface area contributed by atoms with Crippen molar-refractivity contribution in [3.63, 3.8) is 0 Å². The molecule has 182 valence electrons.